The van der Waals surface area contributed by atoms with E-state index in [1.54, 1.807) is 0 Å². The normalized spacial score (nSPS) is 10.4. The van der Waals surface area contributed by atoms with E-state index in [1.807, 2.05) is 36.7 Å². The van der Waals surface area contributed by atoms with Gasteiger partial charge in [0.25, 0.3) is 0 Å². The molecule has 0 radical (unpaired) electrons. The SMILES string of the molecule is OCc1cccc(-c2cncc(CBr)c2)c1. The predicted molar refractivity (Wildman–Crippen MR) is 68.2 cm³/mol. The highest BCUT2D eigenvalue weighted by Gasteiger charge is 2.00. The summed E-state index contributed by atoms with van der Waals surface area (Å²) in [5.41, 5.74) is 4.22. The van der Waals surface area contributed by atoms with Gasteiger partial charge >= 0.3 is 0 Å². The van der Waals surface area contributed by atoms with Gasteiger partial charge in [-0.2, -0.15) is 0 Å². The monoisotopic (exact) mass is 277 g/mol. The second-order valence-electron chi connectivity index (χ2n) is 3.57. The summed E-state index contributed by atoms with van der Waals surface area (Å²) in [6.07, 6.45) is 3.68. The zero-order chi connectivity index (χ0) is 11.4. The average molecular weight is 278 g/mol. The third kappa shape index (κ3) is 2.49. The Balaban J connectivity index is 2.41. The van der Waals surface area contributed by atoms with E-state index in [9.17, 15) is 0 Å². The minimum atomic E-state index is 0.0689. The van der Waals surface area contributed by atoms with Crippen LogP contribution in [-0.4, -0.2) is 10.1 Å². The first-order chi connectivity index (χ1) is 7.83. The summed E-state index contributed by atoms with van der Waals surface area (Å²) in [6, 6.07) is 9.95. The maximum Gasteiger partial charge on any atom is 0.0682 e. The number of pyridine rings is 1. The van der Waals surface area contributed by atoms with Gasteiger partial charge in [-0.25, -0.2) is 0 Å². The summed E-state index contributed by atoms with van der Waals surface area (Å²) in [5.74, 6) is 0. The van der Waals surface area contributed by atoms with Gasteiger partial charge in [0.1, 0.15) is 0 Å². The third-order valence-electron chi connectivity index (χ3n) is 2.39. The second-order valence-corrected chi connectivity index (χ2v) is 4.13. The Morgan fingerprint density at radius 2 is 1.88 bits per heavy atom. The van der Waals surface area contributed by atoms with Crippen LogP contribution in [0, 0.1) is 0 Å². The van der Waals surface area contributed by atoms with Crippen LogP contribution >= 0.6 is 15.9 Å². The lowest BCUT2D eigenvalue weighted by atomic mass is 10.0. The van der Waals surface area contributed by atoms with Gasteiger partial charge in [-0.05, 0) is 28.8 Å². The molecule has 1 aromatic carbocycles. The van der Waals surface area contributed by atoms with E-state index < -0.39 is 0 Å². The Bertz CT molecular complexity index is 439. The van der Waals surface area contributed by atoms with Crippen molar-refractivity contribution in [3.8, 4) is 11.1 Å². The van der Waals surface area contributed by atoms with Gasteiger partial charge in [0.05, 0.1) is 6.61 Å². The lowest BCUT2D eigenvalue weighted by Gasteiger charge is -2.04. The van der Waals surface area contributed by atoms with Crippen LogP contribution in [0.5, 0.6) is 0 Å². The van der Waals surface area contributed by atoms with Crippen LogP contribution in [0.3, 0.4) is 0 Å². The number of aromatic nitrogens is 1. The van der Waals surface area contributed by atoms with E-state index in [0.717, 1.165) is 27.6 Å². The minimum absolute atomic E-state index is 0.0689. The van der Waals surface area contributed by atoms with E-state index in [4.69, 9.17) is 5.11 Å². The number of nitrogens with zero attached hydrogens (tertiary/aromatic N) is 1. The van der Waals surface area contributed by atoms with Crippen molar-refractivity contribution >= 4 is 15.9 Å². The molecule has 3 heteroatoms. The zero-order valence-electron chi connectivity index (χ0n) is 8.73. The van der Waals surface area contributed by atoms with Crippen LogP contribution in [0.2, 0.25) is 0 Å². The highest BCUT2D eigenvalue weighted by molar-refractivity contribution is 9.08. The molecular formula is C13H12BrNO. The number of aliphatic hydroxyl groups excluding tert-OH is 1. The Hall–Kier alpha value is -1.19. The minimum Gasteiger partial charge on any atom is -0.392 e. The number of alkyl halides is 1. The molecule has 0 spiro atoms. The van der Waals surface area contributed by atoms with Crippen molar-refractivity contribution in [2.75, 3.05) is 0 Å². The molecule has 1 heterocycles. The smallest absolute Gasteiger partial charge is 0.0682 e. The summed E-state index contributed by atoms with van der Waals surface area (Å²) in [4.78, 5) is 4.19. The van der Waals surface area contributed by atoms with Crippen molar-refractivity contribution in [3.63, 3.8) is 0 Å². The molecule has 0 saturated carbocycles. The molecule has 0 aliphatic carbocycles. The molecule has 2 aromatic rings. The van der Waals surface area contributed by atoms with Gasteiger partial charge < -0.3 is 5.11 Å². The first-order valence-electron chi connectivity index (χ1n) is 5.03. The molecule has 2 nitrogen and oxygen atoms in total. The topological polar surface area (TPSA) is 33.1 Å². The van der Waals surface area contributed by atoms with Crippen LogP contribution in [0.15, 0.2) is 42.7 Å². The van der Waals surface area contributed by atoms with E-state index in [2.05, 4.69) is 27.0 Å². The molecule has 0 aliphatic heterocycles. The summed E-state index contributed by atoms with van der Waals surface area (Å²) in [6.45, 7) is 0.0689. The van der Waals surface area contributed by atoms with Gasteiger partial charge in [0, 0.05) is 23.3 Å². The van der Waals surface area contributed by atoms with Crippen molar-refractivity contribution < 1.29 is 5.11 Å². The van der Waals surface area contributed by atoms with Gasteiger partial charge in [-0.1, -0.05) is 34.1 Å². The van der Waals surface area contributed by atoms with E-state index in [-0.39, 0.29) is 6.61 Å². The van der Waals surface area contributed by atoms with E-state index in [0.29, 0.717) is 0 Å². The number of hydrogen-bond donors (Lipinski definition) is 1. The van der Waals surface area contributed by atoms with Crippen molar-refractivity contribution in [3.05, 3.63) is 53.9 Å². The van der Waals surface area contributed by atoms with E-state index in [1.165, 1.54) is 0 Å². The van der Waals surface area contributed by atoms with Gasteiger partial charge in [-0.15, -0.1) is 0 Å². The molecule has 0 aliphatic rings. The lowest BCUT2D eigenvalue weighted by Crippen LogP contribution is -1.87. The molecule has 2 rings (SSSR count). The molecule has 0 saturated heterocycles. The average Bonchev–Trinajstić information content (AvgIpc) is 2.39. The lowest BCUT2D eigenvalue weighted by molar-refractivity contribution is 0.282. The quantitative estimate of drug-likeness (QED) is 0.875. The maximum atomic E-state index is 9.09. The number of hydrogen-bond acceptors (Lipinski definition) is 2. The van der Waals surface area contributed by atoms with Crippen molar-refractivity contribution in [1.29, 1.82) is 0 Å². The van der Waals surface area contributed by atoms with Gasteiger partial charge in [0.2, 0.25) is 0 Å². The Morgan fingerprint density at radius 1 is 1.06 bits per heavy atom. The zero-order valence-corrected chi connectivity index (χ0v) is 10.3. The van der Waals surface area contributed by atoms with Gasteiger partial charge in [-0.3, -0.25) is 4.98 Å². The molecule has 16 heavy (non-hydrogen) atoms. The van der Waals surface area contributed by atoms with Crippen molar-refractivity contribution in [2.45, 2.75) is 11.9 Å². The summed E-state index contributed by atoms with van der Waals surface area (Å²) >= 11 is 3.41. The standard InChI is InChI=1S/C13H12BrNO/c14-6-11-5-13(8-15-7-11)12-3-1-2-10(4-12)9-16/h1-5,7-8,16H,6,9H2. The molecule has 0 amide bonds. The first-order valence-corrected chi connectivity index (χ1v) is 6.15. The number of aliphatic hydroxyl groups is 1. The highest BCUT2D eigenvalue weighted by Crippen LogP contribution is 2.21. The van der Waals surface area contributed by atoms with Crippen LogP contribution in [0.4, 0.5) is 0 Å². The van der Waals surface area contributed by atoms with Crippen LogP contribution in [0.1, 0.15) is 11.1 Å². The third-order valence-corrected chi connectivity index (χ3v) is 3.04. The summed E-state index contributed by atoms with van der Waals surface area (Å²) in [5, 5.41) is 9.89. The van der Waals surface area contributed by atoms with E-state index >= 15 is 0 Å². The Labute approximate surface area is 103 Å². The summed E-state index contributed by atoms with van der Waals surface area (Å²) in [7, 11) is 0. The van der Waals surface area contributed by atoms with Crippen LogP contribution < -0.4 is 0 Å². The molecule has 0 atom stereocenters. The molecule has 0 bridgehead atoms. The Kier molecular flexibility index (Phi) is 3.70. The molecule has 82 valence electrons. The van der Waals surface area contributed by atoms with Crippen LogP contribution in [0.25, 0.3) is 11.1 Å². The fraction of sp³-hybridized carbons (Fsp3) is 0.154. The summed E-state index contributed by atoms with van der Waals surface area (Å²) < 4.78 is 0. The number of rotatable bonds is 3. The second kappa shape index (κ2) is 5.23. The van der Waals surface area contributed by atoms with Crippen molar-refractivity contribution in [1.82, 2.24) is 4.98 Å². The first kappa shape index (κ1) is 11.3. The molecule has 0 unspecified atom stereocenters. The molecular weight excluding hydrogens is 266 g/mol. The molecule has 0 fully saturated rings. The maximum absolute atomic E-state index is 9.09. The molecule has 1 aromatic heterocycles. The van der Waals surface area contributed by atoms with Gasteiger partial charge in [0.15, 0.2) is 0 Å². The number of benzene rings is 1. The van der Waals surface area contributed by atoms with Crippen LogP contribution in [-0.2, 0) is 11.9 Å². The predicted octanol–water partition coefficient (Wildman–Crippen LogP) is 3.14. The van der Waals surface area contributed by atoms with Crippen molar-refractivity contribution in [2.24, 2.45) is 0 Å². The largest absolute Gasteiger partial charge is 0.392 e. The fourth-order valence-corrected chi connectivity index (χ4v) is 1.87. The Morgan fingerprint density at radius 3 is 2.62 bits per heavy atom. The fourth-order valence-electron chi connectivity index (χ4n) is 1.57. The highest BCUT2D eigenvalue weighted by atomic mass is 79.9. The number of halogens is 1. The molecule has 1 N–H and O–H groups in total.